The molecule has 3 nitrogen and oxygen atoms in total. The Labute approximate surface area is 104 Å². The van der Waals surface area contributed by atoms with Crippen LogP contribution in [-0.2, 0) is 0 Å². The standard InChI is InChI=1S/C14H23N3/c1-2-6-13(5-1)17-11-10-16-14(17)15-9-3-4-12-7-8-12/h10-13H,1-9H2,(H,15,16). The zero-order valence-electron chi connectivity index (χ0n) is 10.6. The van der Waals surface area contributed by atoms with Gasteiger partial charge in [0.2, 0.25) is 5.95 Å². The molecule has 3 heteroatoms. The van der Waals surface area contributed by atoms with Gasteiger partial charge in [-0.2, -0.15) is 0 Å². The summed E-state index contributed by atoms with van der Waals surface area (Å²) in [6, 6.07) is 0.698. The van der Waals surface area contributed by atoms with E-state index in [4.69, 9.17) is 0 Å². The van der Waals surface area contributed by atoms with E-state index in [2.05, 4.69) is 21.1 Å². The van der Waals surface area contributed by atoms with Gasteiger partial charge in [0.05, 0.1) is 0 Å². The Morgan fingerprint density at radius 3 is 2.82 bits per heavy atom. The summed E-state index contributed by atoms with van der Waals surface area (Å²) in [5.74, 6) is 2.14. The third-order valence-electron chi connectivity index (χ3n) is 4.16. The summed E-state index contributed by atoms with van der Waals surface area (Å²) in [4.78, 5) is 4.44. The first-order valence-corrected chi connectivity index (χ1v) is 7.20. The molecule has 94 valence electrons. The van der Waals surface area contributed by atoms with Crippen molar-refractivity contribution in [1.29, 1.82) is 0 Å². The summed E-state index contributed by atoms with van der Waals surface area (Å²) in [6.07, 6.45) is 15.1. The lowest BCUT2D eigenvalue weighted by Crippen LogP contribution is -2.11. The molecule has 2 saturated carbocycles. The maximum Gasteiger partial charge on any atom is 0.203 e. The molecule has 0 aliphatic heterocycles. The van der Waals surface area contributed by atoms with Crippen LogP contribution >= 0.6 is 0 Å². The third-order valence-corrected chi connectivity index (χ3v) is 4.16. The largest absolute Gasteiger partial charge is 0.356 e. The van der Waals surface area contributed by atoms with Crippen LogP contribution in [0.3, 0.4) is 0 Å². The normalized spacial score (nSPS) is 20.9. The van der Waals surface area contributed by atoms with Crippen molar-refractivity contribution >= 4 is 5.95 Å². The summed E-state index contributed by atoms with van der Waals surface area (Å²) < 4.78 is 2.35. The molecule has 2 aliphatic rings. The number of anilines is 1. The number of aromatic nitrogens is 2. The fourth-order valence-electron chi connectivity index (χ4n) is 2.92. The quantitative estimate of drug-likeness (QED) is 0.761. The van der Waals surface area contributed by atoms with Gasteiger partial charge in [0.25, 0.3) is 0 Å². The molecule has 0 aromatic carbocycles. The Balaban J connectivity index is 1.49. The highest BCUT2D eigenvalue weighted by Gasteiger charge is 2.21. The molecule has 2 fully saturated rings. The van der Waals surface area contributed by atoms with E-state index in [1.54, 1.807) is 0 Å². The van der Waals surface area contributed by atoms with Gasteiger partial charge in [-0.1, -0.05) is 25.7 Å². The molecule has 3 rings (SSSR count). The number of hydrogen-bond donors (Lipinski definition) is 1. The molecule has 0 atom stereocenters. The Bertz CT molecular complexity index is 348. The van der Waals surface area contributed by atoms with Gasteiger partial charge in [-0.3, -0.25) is 0 Å². The molecule has 1 N–H and O–H groups in total. The summed E-state index contributed by atoms with van der Waals surface area (Å²) >= 11 is 0. The lowest BCUT2D eigenvalue weighted by atomic mass is 10.2. The molecule has 1 aromatic rings. The van der Waals surface area contributed by atoms with Gasteiger partial charge >= 0.3 is 0 Å². The van der Waals surface area contributed by atoms with Gasteiger partial charge in [-0.25, -0.2) is 4.98 Å². The van der Waals surface area contributed by atoms with Crippen molar-refractivity contribution in [3.63, 3.8) is 0 Å². The van der Waals surface area contributed by atoms with Gasteiger partial charge in [-0.15, -0.1) is 0 Å². The van der Waals surface area contributed by atoms with Gasteiger partial charge in [-0.05, 0) is 31.6 Å². The minimum absolute atomic E-state index is 0.698. The van der Waals surface area contributed by atoms with Crippen LogP contribution < -0.4 is 5.32 Å². The number of nitrogens with one attached hydrogen (secondary N) is 1. The molecular weight excluding hydrogens is 210 g/mol. The third kappa shape index (κ3) is 2.82. The summed E-state index contributed by atoms with van der Waals surface area (Å²) in [6.45, 7) is 1.08. The predicted molar refractivity (Wildman–Crippen MR) is 70.2 cm³/mol. The fourth-order valence-corrected chi connectivity index (χ4v) is 2.92. The monoisotopic (exact) mass is 233 g/mol. The summed E-state index contributed by atoms with van der Waals surface area (Å²) in [7, 11) is 0. The second-order valence-corrected chi connectivity index (χ2v) is 5.61. The second-order valence-electron chi connectivity index (χ2n) is 5.61. The van der Waals surface area contributed by atoms with Crippen LogP contribution in [-0.4, -0.2) is 16.1 Å². The highest BCUT2D eigenvalue weighted by Crippen LogP contribution is 2.33. The second kappa shape index (κ2) is 5.11. The number of hydrogen-bond acceptors (Lipinski definition) is 2. The fraction of sp³-hybridized carbons (Fsp3) is 0.786. The Morgan fingerprint density at radius 1 is 1.24 bits per heavy atom. The Hall–Kier alpha value is -0.990. The van der Waals surface area contributed by atoms with Crippen LogP contribution in [0.15, 0.2) is 12.4 Å². The number of nitrogens with zero attached hydrogens (tertiary/aromatic N) is 2. The minimum atomic E-state index is 0.698. The van der Waals surface area contributed by atoms with Crippen molar-refractivity contribution in [2.45, 2.75) is 57.4 Å². The van der Waals surface area contributed by atoms with E-state index in [-0.39, 0.29) is 0 Å². The molecular formula is C14H23N3. The smallest absolute Gasteiger partial charge is 0.203 e. The van der Waals surface area contributed by atoms with E-state index in [0.717, 1.165) is 18.4 Å². The van der Waals surface area contributed by atoms with Crippen LogP contribution in [0, 0.1) is 5.92 Å². The topological polar surface area (TPSA) is 29.9 Å². The average Bonchev–Trinajstić information content (AvgIpc) is 2.82. The van der Waals surface area contributed by atoms with Crippen molar-refractivity contribution in [2.75, 3.05) is 11.9 Å². The zero-order chi connectivity index (χ0) is 11.5. The molecule has 0 saturated heterocycles. The average molecular weight is 233 g/mol. The number of rotatable bonds is 6. The van der Waals surface area contributed by atoms with E-state index >= 15 is 0 Å². The molecule has 0 unspecified atom stereocenters. The van der Waals surface area contributed by atoms with Crippen molar-refractivity contribution < 1.29 is 0 Å². The predicted octanol–water partition coefficient (Wildman–Crippen LogP) is 3.60. The van der Waals surface area contributed by atoms with E-state index in [1.165, 1.54) is 51.4 Å². The van der Waals surface area contributed by atoms with Gasteiger partial charge < -0.3 is 9.88 Å². The van der Waals surface area contributed by atoms with Crippen LogP contribution in [0.4, 0.5) is 5.95 Å². The minimum Gasteiger partial charge on any atom is -0.356 e. The van der Waals surface area contributed by atoms with E-state index in [0.29, 0.717) is 6.04 Å². The first kappa shape index (κ1) is 11.1. The van der Waals surface area contributed by atoms with Crippen LogP contribution in [0.5, 0.6) is 0 Å². The van der Waals surface area contributed by atoms with Crippen molar-refractivity contribution in [1.82, 2.24) is 9.55 Å². The molecule has 1 heterocycles. The Kier molecular flexibility index (Phi) is 3.34. The molecule has 0 spiro atoms. The maximum absolute atomic E-state index is 4.44. The molecule has 0 amide bonds. The van der Waals surface area contributed by atoms with Crippen LogP contribution in [0.25, 0.3) is 0 Å². The van der Waals surface area contributed by atoms with E-state index in [9.17, 15) is 0 Å². The highest BCUT2D eigenvalue weighted by molar-refractivity contribution is 5.26. The molecule has 2 aliphatic carbocycles. The summed E-state index contributed by atoms with van der Waals surface area (Å²) in [5, 5.41) is 3.51. The first-order chi connectivity index (χ1) is 8.43. The van der Waals surface area contributed by atoms with E-state index in [1.807, 2.05) is 6.20 Å². The van der Waals surface area contributed by atoms with Crippen LogP contribution in [0.1, 0.15) is 57.4 Å². The van der Waals surface area contributed by atoms with Crippen molar-refractivity contribution in [2.24, 2.45) is 5.92 Å². The molecule has 1 aromatic heterocycles. The molecule has 0 bridgehead atoms. The maximum atomic E-state index is 4.44. The summed E-state index contributed by atoms with van der Waals surface area (Å²) in [5.41, 5.74) is 0. The number of imidazole rings is 1. The van der Waals surface area contributed by atoms with E-state index < -0.39 is 0 Å². The SMILES string of the molecule is c1cn(C2CCCC2)c(NCCCC2CC2)n1. The lowest BCUT2D eigenvalue weighted by Gasteiger charge is -2.15. The molecule has 0 radical (unpaired) electrons. The first-order valence-electron chi connectivity index (χ1n) is 7.20. The zero-order valence-corrected chi connectivity index (χ0v) is 10.6. The van der Waals surface area contributed by atoms with Gasteiger partial charge in [0.1, 0.15) is 0 Å². The lowest BCUT2D eigenvalue weighted by molar-refractivity contribution is 0.522. The van der Waals surface area contributed by atoms with Crippen molar-refractivity contribution in [3.05, 3.63) is 12.4 Å². The van der Waals surface area contributed by atoms with Crippen LogP contribution in [0.2, 0.25) is 0 Å². The highest BCUT2D eigenvalue weighted by atomic mass is 15.2. The van der Waals surface area contributed by atoms with Crippen molar-refractivity contribution in [3.8, 4) is 0 Å². The van der Waals surface area contributed by atoms with Gasteiger partial charge in [0.15, 0.2) is 0 Å². The Morgan fingerprint density at radius 2 is 2.06 bits per heavy atom. The molecule has 17 heavy (non-hydrogen) atoms. The van der Waals surface area contributed by atoms with Gasteiger partial charge in [0, 0.05) is 25.0 Å².